The maximum atomic E-state index is 13.8. The number of thioether (sulfide) groups is 1. The number of nitrogens with one attached hydrogen (secondary N) is 1. The molecule has 0 spiro atoms. The van der Waals surface area contributed by atoms with Crippen molar-refractivity contribution in [3.8, 4) is 11.5 Å². The Morgan fingerprint density at radius 3 is 2.62 bits per heavy atom. The van der Waals surface area contributed by atoms with E-state index in [2.05, 4.69) is 26.2 Å². The lowest BCUT2D eigenvalue weighted by Crippen LogP contribution is -2.19. The molecule has 1 heterocycles. The Labute approximate surface area is 197 Å². The van der Waals surface area contributed by atoms with Gasteiger partial charge in [0.15, 0.2) is 16.7 Å². The molecule has 4 rings (SSSR count). The summed E-state index contributed by atoms with van der Waals surface area (Å²) in [5, 5.41) is 2.99. The van der Waals surface area contributed by atoms with Crippen LogP contribution in [0.2, 0.25) is 0 Å². The van der Waals surface area contributed by atoms with Crippen molar-refractivity contribution in [1.29, 1.82) is 0 Å². The van der Waals surface area contributed by atoms with Crippen molar-refractivity contribution in [3.63, 3.8) is 0 Å². The van der Waals surface area contributed by atoms with Gasteiger partial charge >= 0.3 is 0 Å². The summed E-state index contributed by atoms with van der Waals surface area (Å²) in [4.78, 5) is 17.0. The van der Waals surface area contributed by atoms with Crippen LogP contribution in [0.4, 0.5) is 10.1 Å². The predicted molar refractivity (Wildman–Crippen MR) is 129 cm³/mol. The van der Waals surface area contributed by atoms with Crippen LogP contribution in [-0.2, 0) is 11.4 Å². The molecule has 1 aliphatic rings. The van der Waals surface area contributed by atoms with E-state index in [4.69, 9.17) is 9.47 Å². The van der Waals surface area contributed by atoms with E-state index in [-0.39, 0.29) is 11.6 Å². The number of aliphatic imine (C=N–C) groups is 1. The first-order valence-electron chi connectivity index (χ1n) is 9.61. The molecule has 1 amide bonds. The molecular weight excluding hydrogens is 495 g/mol. The fraction of sp³-hybridized carbons (Fsp3) is 0.0833. The summed E-state index contributed by atoms with van der Waals surface area (Å²) in [6.07, 6.45) is 1.73. The van der Waals surface area contributed by atoms with Crippen LogP contribution in [0.5, 0.6) is 11.5 Å². The molecule has 3 aromatic rings. The molecule has 5 nitrogen and oxygen atoms in total. The van der Waals surface area contributed by atoms with E-state index in [0.717, 1.165) is 27.4 Å². The number of methoxy groups -OCH3 is 1. The van der Waals surface area contributed by atoms with E-state index in [1.54, 1.807) is 43.5 Å². The van der Waals surface area contributed by atoms with Gasteiger partial charge in [-0.2, -0.15) is 0 Å². The summed E-state index contributed by atoms with van der Waals surface area (Å²) < 4.78 is 26.2. The average molecular weight is 513 g/mol. The minimum absolute atomic E-state index is 0.172. The number of ether oxygens (including phenoxy) is 2. The summed E-state index contributed by atoms with van der Waals surface area (Å²) in [6.45, 7) is 0.401. The SMILES string of the molecule is COc1cc(/C=C2\SC(=Nc3ccccc3F)NC2=O)ccc1OCc1ccc(Br)cc1. The molecule has 0 radical (unpaired) electrons. The highest BCUT2D eigenvalue weighted by Crippen LogP contribution is 2.33. The first kappa shape index (κ1) is 22.1. The van der Waals surface area contributed by atoms with E-state index in [1.807, 2.05) is 30.3 Å². The Kier molecular flexibility index (Phi) is 6.92. The molecule has 1 saturated heterocycles. The zero-order valence-electron chi connectivity index (χ0n) is 17.0. The predicted octanol–water partition coefficient (Wildman–Crippen LogP) is 6.07. The number of para-hydroxylation sites is 1. The number of benzene rings is 3. The van der Waals surface area contributed by atoms with E-state index >= 15 is 0 Å². The van der Waals surface area contributed by atoms with Gasteiger partial charge in [0.25, 0.3) is 5.91 Å². The summed E-state index contributed by atoms with van der Waals surface area (Å²) in [5.74, 6) is 0.415. The van der Waals surface area contributed by atoms with Crippen LogP contribution in [0.3, 0.4) is 0 Å². The first-order chi connectivity index (χ1) is 15.5. The highest BCUT2D eigenvalue weighted by Gasteiger charge is 2.24. The second-order valence-corrected chi connectivity index (χ2v) is 8.70. The molecule has 1 aliphatic heterocycles. The number of halogens is 2. The monoisotopic (exact) mass is 512 g/mol. The van der Waals surface area contributed by atoms with Crippen LogP contribution in [0.1, 0.15) is 11.1 Å². The molecule has 1 fully saturated rings. The Morgan fingerprint density at radius 2 is 1.88 bits per heavy atom. The largest absolute Gasteiger partial charge is 0.493 e. The van der Waals surface area contributed by atoms with Gasteiger partial charge in [0, 0.05) is 4.47 Å². The molecule has 162 valence electrons. The normalized spacial score (nSPS) is 15.8. The smallest absolute Gasteiger partial charge is 0.264 e. The lowest BCUT2D eigenvalue weighted by molar-refractivity contribution is -0.115. The van der Waals surface area contributed by atoms with Crippen molar-refractivity contribution < 1.29 is 18.7 Å². The summed E-state index contributed by atoms with van der Waals surface area (Å²) in [7, 11) is 1.56. The zero-order chi connectivity index (χ0) is 22.5. The third-order valence-corrected chi connectivity index (χ3v) is 5.96. The van der Waals surface area contributed by atoms with Gasteiger partial charge in [0.2, 0.25) is 0 Å². The third kappa shape index (κ3) is 5.38. The lowest BCUT2D eigenvalue weighted by atomic mass is 10.2. The number of nitrogens with zero attached hydrogens (tertiary/aromatic N) is 1. The third-order valence-electron chi connectivity index (χ3n) is 4.52. The lowest BCUT2D eigenvalue weighted by Gasteiger charge is -2.11. The minimum atomic E-state index is -0.448. The van der Waals surface area contributed by atoms with E-state index < -0.39 is 5.82 Å². The number of rotatable bonds is 6. The molecule has 0 unspecified atom stereocenters. The fourth-order valence-electron chi connectivity index (χ4n) is 2.92. The summed E-state index contributed by atoms with van der Waals surface area (Å²) in [6, 6.07) is 19.5. The molecule has 0 atom stereocenters. The van der Waals surface area contributed by atoms with Crippen LogP contribution < -0.4 is 14.8 Å². The van der Waals surface area contributed by atoms with Gasteiger partial charge in [0.1, 0.15) is 18.1 Å². The minimum Gasteiger partial charge on any atom is -0.493 e. The van der Waals surface area contributed by atoms with Crippen LogP contribution in [0.25, 0.3) is 6.08 Å². The molecule has 32 heavy (non-hydrogen) atoms. The van der Waals surface area contributed by atoms with Crippen LogP contribution in [0.15, 0.2) is 81.1 Å². The van der Waals surface area contributed by atoms with E-state index in [0.29, 0.717) is 28.2 Å². The van der Waals surface area contributed by atoms with Gasteiger partial charge in [-0.05, 0) is 65.4 Å². The summed E-state index contributed by atoms with van der Waals surface area (Å²) >= 11 is 4.57. The standard InChI is InChI=1S/C24H18BrFN2O3S/c1-30-21-12-16(8-11-20(21)31-14-15-6-9-17(25)10-7-15)13-22-23(29)28-24(32-22)27-19-5-3-2-4-18(19)26/h2-13H,14H2,1H3,(H,27,28,29)/b22-13-. The average Bonchev–Trinajstić information content (AvgIpc) is 3.14. The summed E-state index contributed by atoms with van der Waals surface area (Å²) in [5.41, 5.74) is 1.97. The van der Waals surface area contributed by atoms with Crippen molar-refractivity contribution in [3.05, 3.63) is 93.1 Å². The number of amides is 1. The highest BCUT2D eigenvalue weighted by molar-refractivity contribution is 9.10. The molecule has 0 bridgehead atoms. The maximum absolute atomic E-state index is 13.8. The first-order valence-corrected chi connectivity index (χ1v) is 11.2. The molecule has 0 saturated carbocycles. The van der Waals surface area contributed by atoms with Gasteiger partial charge in [0.05, 0.1) is 12.0 Å². The van der Waals surface area contributed by atoms with Crippen molar-refractivity contribution >= 4 is 50.5 Å². The maximum Gasteiger partial charge on any atom is 0.264 e. The Bertz CT molecular complexity index is 1210. The number of amidine groups is 1. The second-order valence-electron chi connectivity index (χ2n) is 6.76. The van der Waals surface area contributed by atoms with Crippen LogP contribution in [-0.4, -0.2) is 18.2 Å². The van der Waals surface area contributed by atoms with Crippen molar-refractivity contribution in [2.45, 2.75) is 6.61 Å². The van der Waals surface area contributed by atoms with Gasteiger partial charge in [-0.1, -0.05) is 46.3 Å². The zero-order valence-corrected chi connectivity index (χ0v) is 19.4. The number of carbonyl (C=O) groups excluding carboxylic acids is 1. The number of hydrogen-bond donors (Lipinski definition) is 1. The van der Waals surface area contributed by atoms with Gasteiger partial charge in [-0.25, -0.2) is 9.38 Å². The molecule has 3 aromatic carbocycles. The van der Waals surface area contributed by atoms with Crippen LogP contribution in [0, 0.1) is 5.82 Å². The van der Waals surface area contributed by atoms with Gasteiger partial charge in [-0.3, -0.25) is 4.79 Å². The number of hydrogen-bond acceptors (Lipinski definition) is 5. The van der Waals surface area contributed by atoms with Crippen molar-refractivity contribution in [2.75, 3.05) is 7.11 Å². The van der Waals surface area contributed by atoms with Crippen molar-refractivity contribution in [1.82, 2.24) is 5.32 Å². The van der Waals surface area contributed by atoms with Crippen LogP contribution >= 0.6 is 27.7 Å². The Balaban J connectivity index is 1.49. The van der Waals surface area contributed by atoms with E-state index in [1.165, 1.54) is 6.07 Å². The topological polar surface area (TPSA) is 59.9 Å². The Morgan fingerprint density at radius 1 is 1.09 bits per heavy atom. The van der Waals surface area contributed by atoms with Crippen molar-refractivity contribution in [2.24, 2.45) is 4.99 Å². The van der Waals surface area contributed by atoms with E-state index in [9.17, 15) is 9.18 Å². The number of carbonyl (C=O) groups is 1. The quantitative estimate of drug-likeness (QED) is 0.407. The highest BCUT2D eigenvalue weighted by atomic mass is 79.9. The molecule has 0 aliphatic carbocycles. The fourth-order valence-corrected chi connectivity index (χ4v) is 4.02. The second kappa shape index (κ2) is 10.0. The van der Waals surface area contributed by atoms with Gasteiger partial charge < -0.3 is 14.8 Å². The molecule has 8 heteroatoms. The molecular formula is C24H18BrFN2O3S. The van der Waals surface area contributed by atoms with Gasteiger partial charge in [-0.15, -0.1) is 0 Å². The Hall–Kier alpha value is -3.10. The molecule has 1 N–H and O–H groups in total. The molecule has 0 aromatic heterocycles.